The highest BCUT2D eigenvalue weighted by molar-refractivity contribution is 7.86. The van der Waals surface area contributed by atoms with Crippen molar-refractivity contribution < 1.29 is 17.4 Å². The molecular formula is C14H16O4S. The van der Waals surface area contributed by atoms with Crippen LogP contribution in [0.5, 0.6) is 0 Å². The van der Waals surface area contributed by atoms with Gasteiger partial charge < -0.3 is 0 Å². The lowest BCUT2D eigenvalue weighted by Crippen LogP contribution is -2.25. The van der Waals surface area contributed by atoms with Crippen LogP contribution < -0.4 is 0 Å². The van der Waals surface area contributed by atoms with Gasteiger partial charge in [-0.1, -0.05) is 17.7 Å². The quantitative estimate of drug-likeness (QED) is 0.795. The van der Waals surface area contributed by atoms with Gasteiger partial charge in [-0.3, -0.25) is 8.98 Å². The Kier molecular flexibility index (Phi) is 2.98. The van der Waals surface area contributed by atoms with Crippen molar-refractivity contribution in [1.29, 1.82) is 0 Å². The molecule has 0 amide bonds. The van der Waals surface area contributed by atoms with Crippen molar-refractivity contribution in [3.63, 3.8) is 0 Å². The highest BCUT2D eigenvalue weighted by Crippen LogP contribution is 2.43. The van der Waals surface area contributed by atoms with Gasteiger partial charge in [0.2, 0.25) is 0 Å². The van der Waals surface area contributed by atoms with Crippen LogP contribution in [0.25, 0.3) is 0 Å². The molecule has 0 radical (unpaired) electrons. The maximum Gasteiger partial charge on any atom is 0.297 e. The molecule has 4 nitrogen and oxygen atoms in total. The average molecular weight is 280 g/mol. The first-order valence-corrected chi connectivity index (χ1v) is 7.92. The Bertz CT molecular complexity index is 603. The predicted molar refractivity (Wildman–Crippen MR) is 69.1 cm³/mol. The fourth-order valence-electron chi connectivity index (χ4n) is 3.05. The minimum absolute atomic E-state index is 0.0169. The highest BCUT2D eigenvalue weighted by Gasteiger charge is 2.49. The molecule has 2 aliphatic rings. The molecule has 3 rings (SSSR count). The zero-order chi connectivity index (χ0) is 13.6. The van der Waals surface area contributed by atoms with Crippen molar-refractivity contribution in [3.8, 4) is 0 Å². The van der Waals surface area contributed by atoms with E-state index in [4.69, 9.17) is 4.18 Å². The standard InChI is InChI=1S/C14H16O4S/c1-9-2-5-11(6-3-9)19(16,17)18-13-8-10-4-7-12(13)14(10)15/h2-3,5-6,10,12-13H,4,7-8H2,1H3/t10-,12+,13-/m1/s1. The van der Waals surface area contributed by atoms with Crippen molar-refractivity contribution in [1.82, 2.24) is 0 Å². The molecule has 0 saturated heterocycles. The number of ketones is 1. The van der Waals surface area contributed by atoms with Gasteiger partial charge in [-0.15, -0.1) is 0 Å². The summed E-state index contributed by atoms with van der Waals surface area (Å²) < 4.78 is 29.6. The van der Waals surface area contributed by atoms with Gasteiger partial charge in [0.1, 0.15) is 5.78 Å². The van der Waals surface area contributed by atoms with E-state index < -0.39 is 16.2 Å². The van der Waals surface area contributed by atoms with E-state index in [-0.39, 0.29) is 22.5 Å². The Labute approximate surface area is 112 Å². The van der Waals surface area contributed by atoms with E-state index in [0.717, 1.165) is 18.4 Å². The summed E-state index contributed by atoms with van der Waals surface area (Å²) in [6.07, 6.45) is 1.73. The highest BCUT2D eigenvalue weighted by atomic mass is 32.2. The van der Waals surface area contributed by atoms with Gasteiger partial charge >= 0.3 is 0 Å². The van der Waals surface area contributed by atoms with Crippen LogP contribution in [-0.2, 0) is 19.1 Å². The minimum Gasteiger partial charge on any atom is -0.299 e. The second kappa shape index (κ2) is 4.42. The molecule has 0 unspecified atom stereocenters. The number of aryl methyl sites for hydroxylation is 1. The van der Waals surface area contributed by atoms with Gasteiger partial charge in [0.25, 0.3) is 10.1 Å². The first-order chi connectivity index (χ1) is 8.97. The third-order valence-corrected chi connectivity index (χ3v) is 5.47. The van der Waals surface area contributed by atoms with Crippen molar-refractivity contribution >= 4 is 15.9 Å². The molecular weight excluding hydrogens is 264 g/mol. The van der Waals surface area contributed by atoms with Crippen molar-refractivity contribution in [2.24, 2.45) is 11.8 Å². The maximum absolute atomic E-state index is 12.1. The molecule has 0 aromatic heterocycles. The van der Waals surface area contributed by atoms with Gasteiger partial charge in [0.05, 0.1) is 11.0 Å². The van der Waals surface area contributed by atoms with Gasteiger partial charge in [-0.25, -0.2) is 0 Å². The molecule has 0 spiro atoms. The minimum atomic E-state index is -3.76. The summed E-state index contributed by atoms with van der Waals surface area (Å²) in [7, 11) is -3.76. The molecule has 19 heavy (non-hydrogen) atoms. The molecule has 2 saturated carbocycles. The summed E-state index contributed by atoms with van der Waals surface area (Å²) in [5, 5.41) is 0. The molecule has 0 N–H and O–H groups in total. The fourth-order valence-corrected chi connectivity index (χ4v) is 4.16. The summed E-state index contributed by atoms with van der Waals surface area (Å²) in [5.41, 5.74) is 0.994. The van der Waals surface area contributed by atoms with Crippen molar-refractivity contribution in [3.05, 3.63) is 29.8 Å². The maximum atomic E-state index is 12.1. The van der Waals surface area contributed by atoms with Crippen LogP contribution >= 0.6 is 0 Å². The third-order valence-electron chi connectivity index (χ3n) is 4.12. The Morgan fingerprint density at radius 2 is 1.84 bits per heavy atom. The Morgan fingerprint density at radius 3 is 2.37 bits per heavy atom. The number of carbonyl (C=O) groups excluding carboxylic acids is 1. The number of rotatable bonds is 3. The second-order valence-corrected chi connectivity index (χ2v) is 6.99. The van der Waals surface area contributed by atoms with Crippen LogP contribution in [0.4, 0.5) is 0 Å². The number of fused-ring (bicyclic) bond motifs is 2. The van der Waals surface area contributed by atoms with Crippen LogP contribution in [0.15, 0.2) is 29.2 Å². The number of benzene rings is 1. The van der Waals surface area contributed by atoms with Gasteiger partial charge in [-0.2, -0.15) is 8.42 Å². The lowest BCUT2D eigenvalue weighted by atomic mass is 9.98. The number of Topliss-reactive ketones (excluding diaryl/α,β-unsaturated/α-hetero) is 1. The first kappa shape index (κ1) is 12.8. The van der Waals surface area contributed by atoms with E-state index in [1.165, 1.54) is 0 Å². The zero-order valence-corrected chi connectivity index (χ0v) is 11.5. The smallest absolute Gasteiger partial charge is 0.297 e. The van der Waals surface area contributed by atoms with Gasteiger partial charge in [0.15, 0.2) is 0 Å². The monoisotopic (exact) mass is 280 g/mol. The molecule has 0 heterocycles. The third kappa shape index (κ3) is 2.21. The Morgan fingerprint density at radius 1 is 1.16 bits per heavy atom. The van der Waals surface area contributed by atoms with Crippen LogP contribution in [0.2, 0.25) is 0 Å². The van der Waals surface area contributed by atoms with Crippen molar-refractivity contribution in [2.75, 3.05) is 0 Å². The summed E-state index contributed by atoms with van der Waals surface area (Å²) >= 11 is 0. The number of hydrogen-bond acceptors (Lipinski definition) is 4. The molecule has 3 atom stereocenters. The molecule has 1 aromatic carbocycles. The summed E-state index contributed by atoms with van der Waals surface area (Å²) in [6, 6.07) is 6.56. The summed E-state index contributed by atoms with van der Waals surface area (Å²) in [5.74, 6) is -0.0162. The number of hydrogen-bond donors (Lipinski definition) is 0. The first-order valence-electron chi connectivity index (χ1n) is 6.51. The average Bonchev–Trinajstić information content (AvgIpc) is 2.84. The lowest BCUT2D eigenvalue weighted by Gasteiger charge is -2.20. The Balaban J connectivity index is 1.79. The molecule has 2 aliphatic carbocycles. The lowest BCUT2D eigenvalue weighted by molar-refractivity contribution is -0.122. The van der Waals surface area contributed by atoms with Crippen LogP contribution in [0, 0.1) is 18.8 Å². The molecule has 2 bridgehead atoms. The molecule has 0 aliphatic heterocycles. The molecule has 5 heteroatoms. The summed E-state index contributed by atoms with van der Waals surface area (Å²) in [4.78, 5) is 11.9. The number of carbonyl (C=O) groups is 1. The predicted octanol–water partition coefficient (Wildman–Crippen LogP) is 2.07. The largest absolute Gasteiger partial charge is 0.299 e. The van der Waals surface area contributed by atoms with E-state index in [9.17, 15) is 13.2 Å². The van der Waals surface area contributed by atoms with E-state index in [1.807, 2.05) is 6.92 Å². The van der Waals surface area contributed by atoms with Gasteiger partial charge in [-0.05, 0) is 38.3 Å². The molecule has 2 fully saturated rings. The van der Waals surface area contributed by atoms with E-state index in [0.29, 0.717) is 6.42 Å². The van der Waals surface area contributed by atoms with Crippen LogP contribution in [0.3, 0.4) is 0 Å². The molecule has 1 aromatic rings. The Hall–Kier alpha value is -1.20. The zero-order valence-electron chi connectivity index (χ0n) is 10.7. The van der Waals surface area contributed by atoms with Gasteiger partial charge in [0, 0.05) is 11.8 Å². The summed E-state index contributed by atoms with van der Waals surface area (Å²) in [6.45, 7) is 1.89. The fraction of sp³-hybridized carbons (Fsp3) is 0.500. The van der Waals surface area contributed by atoms with Crippen LogP contribution in [-0.4, -0.2) is 20.3 Å². The van der Waals surface area contributed by atoms with Crippen molar-refractivity contribution in [2.45, 2.75) is 37.2 Å². The second-order valence-electron chi connectivity index (χ2n) is 5.42. The van der Waals surface area contributed by atoms with Crippen LogP contribution in [0.1, 0.15) is 24.8 Å². The van der Waals surface area contributed by atoms with E-state index in [1.54, 1.807) is 24.3 Å². The normalized spacial score (nSPS) is 29.9. The topological polar surface area (TPSA) is 60.4 Å². The van der Waals surface area contributed by atoms with E-state index >= 15 is 0 Å². The SMILES string of the molecule is Cc1ccc(S(=O)(=O)O[C@@H]2C[C@H]3CC[C@@H]2C3=O)cc1. The molecule has 102 valence electrons. The van der Waals surface area contributed by atoms with E-state index in [2.05, 4.69) is 0 Å².